The van der Waals surface area contributed by atoms with Crippen molar-refractivity contribution in [3.05, 3.63) is 58.9 Å². The molecule has 3 rings (SSSR count). The van der Waals surface area contributed by atoms with Crippen molar-refractivity contribution in [1.29, 1.82) is 0 Å². The van der Waals surface area contributed by atoms with E-state index in [1.54, 1.807) is 30.3 Å². The summed E-state index contributed by atoms with van der Waals surface area (Å²) in [4.78, 5) is 14.6. The van der Waals surface area contributed by atoms with E-state index >= 15 is 0 Å². The molecule has 0 saturated carbocycles. The molecule has 5 heteroatoms. The molecule has 1 aliphatic rings. The molecular formula is C18H18ClFN2O. The molecule has 23 heavy (non-hydrogen) atoms. The number of rotatable bonds is 3. The molecular weight excluding hydrogens is 315 g/mol. The minimum absolute atomic E-state index is 0.334. The second-order valence-corrected chi connectivity index (χ2v) is 6.05. The van der Waals surface area contributed by atoms with E-state index in [0.717, 1.165) is 31.6 Å². The van der Waals surface area contributed by atoms with Gasteiger partial charge in [-0.2, -0.15) is 0 Å². The van der Waals surface area contributed by atoms with Gasteiger partial charge in [0.15, 0.2) is 0 Å². The Bertz CT molecular complexity index is 714. The predicted octanol–water partition coefficient (Wildman–Crippen LogP) is 4.72. The van der Waals surface area contributed by atoms with Crippen LogP contribution < -0.4 is 10.2 Å². The number of benzene rings is 2. The van der Waals surface area contributed by atoms with Crippen molar-refractivity contribution in [2.45, 2.75) is 19.3 Å². The van der Waals surface area contributed by atoms with Gasteiger partial charge in [-0.1, -0.05) is 23.7 Å². The van der Waals surface area contributed by atoms with E-state index in [-0.39, 0.29) is 11.7 Å². The smallest absolute Gasteiger partial charge is 0.257 e. The molecule has 2 aromatic rings. The summed E-state index contributed by atoms with van der Waals surface area (Å²) in [7, 11) is 0. The number of hydrogen-bond acceptors (Lipinski definition) is 2. The fourth-order valence-electron chi connectivity index (χ4n) is 2.85. The highest BCUT2D eigenvalue weighted by Crippen LogP contribution is 2.30. The summed E-state index contributed by atoms with van der Waals surface area (Å²) in [6.07, 6.45) is 3.42. The van der Waals surface area contributed by atoms with Gasteiger partial charge in [-0.15, -0.1) is 0 Å². The highest BCUT2D eigenvalue weighted by molar-refractivity contribution is 6.34. The lowest BCUT2D eigenvalue weighted by Gasteiger charge is -2.30. The molecule has 2 aromatic carbocycles. The van der Waals surface area contributed by atoms with Crippen LogP contribution in [0.15, 0.2) is 42.5 Å². The number of anilines is 2. The van der Waals surface area contributed by atoms with Gasteiger partial charge in [-0.05, 0) is 49.6 Å². The Kier molecular flexibility index (Phi) is 4.82. The van der Waals surface area contributed by atoms with Gasteiger partial charge in [0.2, 0.25) is 0 Å². The number of hydrogen-bond donors (Lipinski definition) is 1. The topological polar surface area (TPSA) is 32.3 Å². The average molecular weight is 333 g/mol. The van der Waals surface area contributed by atoms with E-state index in [2.05, 4.69) is 10.2 Å². The van der Waals surface area contributed by atoms with Crippen molar-refractivity contribution in [2.75, 3.05) is 23.3 Å². The number of nitrogens with one attached hydrogen (secondary N) is 1. The van der Waals surface area contributed by atoms with Crippen LogP contribution in [0, 0.1) is 5.82 Å². The van der Waals surface area contributed by atoms with Crippen LogP contribution in [0.4, 0.5) is 15.8 Å². The van der Waals surface area contributed by atoms with Gasteiger partial charge >= 0.3 is 0 Å². The van der Waals surface area contributed by atoms with Crippen LogP contribution in [0.1, 0.15) is 29.6 Å². The molecule has 3 nitrogen and oxygen atoms in total. The maximum Gasteiger partial charge on any atom is 0.257 e. The summed E-state index contributed by atoms with van der Waals surface area (Å²) >= 11 is 6.06. The first-order valence-corrected chi connectivity index (χ1v) is 8.13. The van der Waals surface area contributed by atoms with E-state index in [0.29, 0.717) is 16.3 Å². The highest BCUT2D eigenvalue weighted by Gasteiger charge is 2.18. The quantitative estimate of drug-likeness (QED) is 0.882. The largest absolute Gasteiger partial charge is 0.370 e. The molecule has 1 saturated heterocycles. The maximum atomic E-state index is 13.7. The van der Waals surface area contributed by atoms with Crippen LogP contribution in [-0.4, -0.2) is 19.0 Å². The lowest BCUT2D eigenvalue weighted by atomic mass is 10.1. The van der Waals surface area contributed by atoms with Crippen LogP contribution in [0.5, 0.6) is 0 Å². The van der Waals surface area contributed by atoms with Crippen LogP contribution in [0.25, 0.3) is 0 Å². The molecule has 0 bridgehead atoms. The predicted molar refractivity (Wildman–Crippen MR) is 91.9 cm³/mol. The van der Waals surface area contributed by atoms with E-state index in [1.165, 1.54) is 18.6 Å². The molecule has 0 radical (unpaired) electrons. The number of carbonyl (C=O) groups is 1. The van der Waals surface area contributed by atoms with Gasteiger partial charge < -0.3 is 10.2 Å². The first kappa shape index (κ1) is 15.8. The Labute approximate surface area is 140 Å². The SMILES string of the molecule is O=C(Nc1cc(F)ccc1N1CCCCC1)c1ccccc1Cl. The number of nitrogens with zero attached hydrogens (tertiary/aromatic N) is 1. The summed E-state index contributed by atoms with van der Waals surface area (Å²) in [5, 5.41) is 3.18. The minimum Gasteiger partial charge on any atom is -0.370 e. The molecule has 120 valence electrons. The van der Waals surface area contributed by atoms with Crippen LogP contribution in [0.3, 0.4) is 0 Å². The van der Waals surface area contributed by atoms with Gasteiger partial charge in [0.1, 0.15) is 5.82 Å². The molecule has 1 aliphatic heterocycles. The third-order valence-electron chi connectivity index (χ3n) is 4.02. The van der Waals surface area contributed by atoms with Crippen molar-refractivity contribution in [2.24, 2.45) is 0 Å². The van der Waals surface area contributed by atoms with Gasteiger partial charge in [0, 0.05) is 13.1 Å². The Morgan fingerprint density at radius 2 is 1.83 bits per heavy atom. The zero-order valence-electron chi connectivity index (χ0n) is 12.7. The van der Waals surface area contributed by atoms with Crippen molar-refractivity contribution in [1.82, 2.24) is 0 Å². The molecule has 1 N–H and O–H groups in total. The van der Waals surface area contributed by atoms with E-state index < -0.39 is 0 Å². The Morgan fingerprint density at radius 1 is 1.09 bits per heavy atom. The molecule has 0 aromatic heterocycles. The summed E-state index contributed by atoms with van der Waals surface area (Å²) in [6, 6.07) is 11.3. The van der Waals surface area contributed by atoms with E-state index in [4.69, 9.17) is 11.6 Å². The van der Waals surface area contributed by atoms with Crippen molar-refractivity contribution in [3.63, 3.8) is 0 Å². The monoisotopic (exact) mass is 332 g/mol. The minimum atomic E-state index is -0.375. The molecule has 0 spiro atoms. The summed E-state index contributed by atoms with van der Waals surface area (Å²) in [5.74, 6) is -0.709. The zero-order valence-corrected chi connectivity index (χ0v) is 13.4. The number of carbonyl (C=O) groups excluding carboxylic acids is 1. The fraction of sp³-hybridized carbons (Fsp3) is 0.278. The lowest BCUT2D eigenvalue weighted by Crippen LogP contribution is -2.30. The third-order valence-corrected chi connectivity index (χ3v) is 4.35. The fourth-order valence-corrected chi connectivity index (χ4v) is 3.08. The molecule has 0 unspecified atom stereocenters. The lowest BCUT2D eigenvalue weighted by molar-refractivity contribution is 0.102. The van der Waals surface area contributed by atoms with E-state index in [1.807, 2.05) is 0 Å². The van der Waals surface area contributed by atoms with Gasteiger partial charge in [-0.3, -0.25) is 4.79 Å². The third kappa shape index (κ3) is 3.64. The van der Waals surface area contributed by atoms with Crippen LogP contribution in [-0.2, 0) is 0 Å². The number of halogens is 2. The van der Waals surface area contributed by atoms with Gasteiger partial charge in [0.25, 0.3) is 5.91 Å². The summed E-state index contributed by atoms with van der Waals surface area (Å²) < 4.78 is 13.7. The first-order valence-electron chi connectivity index (χ1n) is 7.75. The molecule has 0 atom stereocenters. The number of amides is 1. The Balaban J connectivity index is 1.88. The second-order valence-electron chi connectivity index (χ2n) is 5.64. The van der Waals surface area contributed by atoms with Crippen LogP contribution in [0.2, 0.25) is 5.02 Å². The first-order chi connectivity index (χ1) is 11.1. The van der Waals surface area contributed by atoms with Crippen molar-refractivity contribution in [3.8, 4) is 0 Å². The maximum absolute atomic E-state index is 13.7. The summed E-state index contributed by atoms with van der Waals surface area (Å²) in [6.45, 7) is 1.83. The van der Waals surface area contributed by atoms with Gasteiger partial charge in [0.05, 0.1) is 22.0 Å². The zero-order chi connectivity index (χ0) is 16.2. The Hall–Kier alpha value is -2.07. The van der Waals surface area contributed by atoms with E-state index in [9.17, 15) is 9.18 Å². The molecule has 1 fully saturated rings. The standard InChI is InChI=1S/C18H18ClFN2O/c19-15-7-3-2-6-14(15)18(23)21-16-12-13(20)8-9-17(16)22-10-4-1-5-11-22/h2-3,6-9,12H,1,4-5,10-11H2,(H,21,23). The Morgan fingerprint density at radius 3 is 2.57 bits per heavy atom. The normalized spacial score (nSPS) is 14.6. The molecule has 1 heterocycles. The van der Waals surface area contributed by atoms with Crippen LogP contribution >= 0.6 is 11.6 Å². The molecule has 1 amide bonds. The second kappa shape index (κ2) is 7.01. The summed E-state index contributed by atoms with van der Waals surface area (Å²) in [5.41, 5.74) is 1.71. The van der Waals surface area contributed by atoms with Crippen molar-refractivity contribution < 1.29 is 9.18 Å². The number of piperidine rings is 1. The average Bonchev–Trinajstić information content (AvgIpc) is 2.56. The highest BCUT2D eigenvalue weighted by atomic mass is 35.5. The molecule has 0 aliphatic carbocycles. The van der Waals surface area contributed by atoms with Gasteiger partial charge in [-0.25, -0.2) is 4.39 Å². The van der Waals surface area contributed by atoms with Crippen molar-refractivity contribution >= 4 is 28.9 Å².